The van der Waals surface area contributed by atoms with Gasteiger partial charge in [-0.25, -0.2) is 13.3 Å². The van der Waals surface area contributed by atoms with Gasteiger partial charge in [0.15, 0.2) is 0 Å². The Kier molecular flexibility index (Phi) is 5.68. The third-order valence-corrected chi connectivity index (χ3v) is 7.80. The standard InChI is InChI=1S/C26H19N3O5S/c27-16-18-7-10-21(11-8-18)29-25(30)15-24(26(29)31)28(17-22-6-3-13-34-22)35(32,33)23-12-9-19-4-1-2-5-20(19)14-23/h1-14,24H,15,17H2. The molecule has 2 amide bonds. The highest BCUT2D eigenvalue weighted by atomic mass is 32.2. The van der Waals surface area contributed by atoms with E-state index in [1.54, 1.807) is 24.3 Å². The van der Waals surface area contributed by atoms with Crippen LogP contribution in [0.25, 0.3) is 10.8 Å². The van der Waals surface area contributed by atoms with Crippen molar-refractivity contribution in [2.24, 2.45) is 0 Å². The molecule has 174 valence electrons. The summed E-state index contributed by atoms with van der Waals surface area (Å²) >= 11 is 0. The van der Waals surface area contributed by atoms with Gasteiger partial charge >= 0.3 is 0 Å². The van der Waals surface area contributed by atoms with Crippen molar-refractivity contribution in [3.05, 3.63) is 96.4 Å². The number of sulfonamides is 1. The van der Waals surface area contributed by atoms with Crippen LogP contribution in [-0.4, -0.2) is 30.6 Å². The molecule has 0 N–H and O–H groups in total. The number of amides is 2. The van der Waals surface area contributed by atoms with Crippen LogP contribution in [0, 0.1) is 11.3 Å². The van der Waals surface area contributed by atoms with Gasteiger partial charge in [-0.3, -0.25) is 9.59 Å². The zero-order valence-corrected chi connectivity index (χ0v) is 19.2. The minimum Gasteiger partial charge on any atom is -0.468 e. The largest absolute Gasteiger partial charge is 0.468 e. The Hall–Kier alpha value is -4.26. The Balaban J connectivity index is 1.55. The molecule has 0 bridgehead atoms. The average molecular weight is 486 g/mol. The summed E-state index contributed by atoms with van der Waals surface area (Å²) in [6.07, 6.45) is 1.10. The maximum absolute atomic E-state index is 13.8. The van der Waals surface area contributed by atoms with Crippen LogP contribution in [0.5, 0.6) is 0 Å². The van der Waals surface area contributed by atoms with Crippen molar-refractivity contribution in [1.82, 2.24) is 4.31 Å². The van der Waals surface area contributed by atoms with E-state index in [2.05, 4.69) is 0 Å². The number of imide groups is 1. The molecule has 0 aliphatic carbocycles. The number of nitrogens with zero attached hydrogens (tertiary/aromatic N) is 3. The summed E-state index contributed by atoms with van der Waals surface area (Å²) in [5.74, 6) is -0.843. The minimum absolute atomic E-state index is 0.0137. The molecule has 1 aliphatic heterocycles. The first-order chi connectivity index (χ1) is 16.9. The molecular weight excluding hydrogens is 466 g/mol. The molecule has 4 aromatic rings. The summed E-state index contributed by atoms with van der Waals surface area (Å²) < 4.78 is 34.1. The number of carbonyl (C=O) groups excluding carboxylic acids is 2. The van der Waals surface area contributed by atoms with Crippen LogP contribution in [0.1, 0.15) is 17.7 Å². The van der Waals surface area contributed by atoms with Crippen molar-refractivity contribution in [2.45, 2.75) is 23.9 Å². The SMILES string of the molecule is N#Cc1ccc(N2C(=O)CC(N(Cc3ccco3)S(=O)(=O)c3ccc4ccccc4c3)C2=O)cc1. The van der Waals surface area contributed by atoms with Gasteiger partial charge in [-0.2, -0.15) is 9.57 Å². The summed E-state index contributed by atoms with van der Waals surface area (Å²) in [7, 11) is -4.19. The smallest absolute Gasteiger partial charge is 0.252 e. The second-order valence-electron chi connectivity index (χ2n) is 8.08. The first-order valence-electron chi connectivity index (χ1n) is 10.8. The van der Waals surface area contributed by atoms with Gasteiger partial charge in [0.05, 0.1) is 41.4 Å². The summed E-state index contributed by atoms with van der Waals surface area (Å²) in [4.78, 5) is 27.3. The minimum atomic E-state index is -4.19. The molecule has 1 fully saturated rings. The van der Waals surface area contributed by atoms with Crippen molar-refractivity contribution in [3.8, 4) is 6.07 Å². The highest BCUT2D eigenvalue weighted by molar-refractivity contribution is 7.89. The van der Waals surface area contributed by atoms with E-state index in [4.69, 9.17) is 9.68 Å². The third-order valence-electron chi connectivity index (χ3n) is 5.94. The van der Waals surface area contributed by atoms with Crippen LogP contribution in [0.2, 0.25) is 0 Å². The lowest BCUT2D eigenvalue weighted by Crippen LogP contribution is -2.45. The molecule has 0 radical (unpaired) electrons. The number of nitriles is 1. The summed E-state index contributed by atoms with van der Waals surface area (Å²) in [5, 5.41) is 10.6. The average Bonchev–Trinajstić information content (AvgIpc) is 3.49. The quantitative estimate of drug-likeness (QED) is 0.384. The zero-order valence-electron chi connectivity index (χ0n) is 18.4. The number of benzene rings is 3. The topological polar surface area (TPSA) is 112 Å². The molecule has 0 spiro atoms. The Morgan fingerprint density at radius 1 is 0.971 bits per heavy atom. The van der Waals surface area contributed by atoms with Crippen LogP contribution < -0.4 is 4.90 Å². The molecule has 2 heterocycles. The molecule has 35 heavy (non-hydrogen) atoms. The van der Waals surface area contributed by atoms with Crippen LogP contribution in [-0.2, 0) is 26.2 Å². The first kappa shape index (κ1) is 22.5. The fourth-order valence-electron chi connectivity index (χ4n) is 4.18. The van der Waals surface area contributed by atoms with E-state index in [0.717, 1.165) is 20.0 Å². The van der Waals surface area contributed by atoms with Gasteiger partial charge in [0, 0.05) is 0 Å². The first-order valence-corrected chi connectivity index (χ1v) is 12.2. The van der Waals surface area contributed by atoms with Crippen molar-refractivity contribution in [3.63, 3.8) is 0 Å². The maximum Gasteiger partial charge on any atom is 0.252 e. The predicted molar refractivity (Wildman–Crippen MR) is 127 cm³/mol. The summed E-state index contributed by atoms with van der Waals surface area (Å²) in [6.45, 7) is -0.215. The lowest BCUT2D eigenvalue weighted by atomic mass is 10.1. The van der Waals surface area contributed by atoms with Gasteiger partial charge < -0.3 is 4.42 Å². The number of fused-ring (bicyclic) bond motifs is 1. The van der Waals surface area contributed by atoms with Gasteiger partial charge in [0.1, 0.15) is 11.8 Å². The van der Waals surface area contributed by atoms with Crippen molar-refractivity contribution >= 4 is 38.3 Å². The lowest BCUT2D eigenvalue weighted by molar-refractivity contribution is -0.122. The maximum atomic E-state index is 13.8. The molecule has 1 atom stereocenters. The lowest BCUT2D eigenvalue weighted by Gasteiger charge is -2.26. The number of hydrogen-bond acceptors (Lipinski definition) is 6. The second kappa shape index (κ2) is 8.83. The van der Waals surface area contributed by atoms with E-state index < -0.39 is 27.9 Å². The predicted octanol–water partition coefficient (Wildman–Crippen LogP) is 3.83. The number of anilines is 1. The van der Waals surface area contributed by atoms with Gasteiger partial charge in [-0.1, -0.05) is 30.3 Å². The molecule has 8 nitrogen and oxygen atoms in total. The molecule has 1 unspecified atom stereocenters. The molecule has 1 aromatic heterocycles. The van der Waals surface area contributed by atoms with Gasteiger partial charge in [-0.05, 0) is 59.3 Å². The highest BCUT2D eigenvalue weighted by Gasteiger charge is 2.47. The molecular formula is C26H19N3O5S. The zero-order chi connectivity index (χ0) is 24.6. The Bertz CT molecular complexity index is 1570. The van der Waals surface area contributed by atoms with Gasteiger partial charge in [-0.15, -0.1) is 0 Å². The molecule has 0 saturated carbocycles. The highest BCUT2D eigenvalue weighted by Crippen LogP contribution is 2.31. The Morgan fingerprint density at radius 2 is 1.71 bits per heavy atom. The molecule has 3 aromatic carbocycles. The Labute approximate surface area is 201 Å². The van der Waals surface area contributed by atoms with E-state index in [1.807, 2.05) is 30.3 Å². The normalized spacial score (nSPS) is 16.2. The monoisotopic (exact) mass is 485 g/mol. The fourth-order valence-corrected chi connectivity index (χ4v) is 5.76. The Morgan fingerprint density at radius 3 is 2.40 bits per heavy atom. The molecule has 5 rings (SSSR count). The van der Waals surface area contributed by atoms with E-state index >= 15 is 0 Å². The second-order valence-corrected chi connectivity index (χ2v) is 9.98. The van der Waals surface area contributed by atoms with Gasteiger partial charge in [0.25, 0.3) is 5.91 Å². The molecule has 1 saturated heterocycles. The van der Waals surface area contributed by atoms with Crippen LogP contribution in [0.4, 0.5) is 5.69 Å². The third kappa shape index (κ3) is 4.10. The van der Waals surface area contributed by atoms with Crippen molar-refractivity contribution < 1.29 is 22.4 Å². The summed E-state index contributed by atoms with van der Waals surface area (Å²) in [6, 6.07) is 22.1. The number of hydrogen-bond donors (Lipinski definition) is 0. The van der Waals surface area contributed by atoms with E-state index in [9.17, 15) is 18.0 Å². The van der Waals surface area contributed by atoms with Crippen molar-refractivity contribution in [2.75, 3.05) is 4.90 Å². The van der Waals surface area contributed by atoms with Crippen LogP contribution in [0.3, 0.4) is 0 Å². The van der Waals surface area contributed by atoms with Crippen molar-refractivity contribution in [1.29, 1.82) is 5.26 Å². The molecule has 9 heteroatoms. The number of carbonyl (C=O) groups is 2. The van der Waals surface area contributed by atoms with E-state index in [-0.39, 0.29) is 23.5 Å². The summed E-state index contributed by atoms with van der Waals surface area (Å²) in [5.41, 5.74) is 0.658. The molecule has 1 aliphatic rings. The number of furan rings is 1. The van der Waals surface area contributed by atoms with Gasteiger partial charge in [0.2, 0.25) is 15.9 Å². The number of rotatable bonds is 6. The van der Waals surface area contributed by atoms with Crippen LogP contribution >= 0.6 is 0 Å². The van der Waals surface area contributed by atoms with Crippen LogP contribution in [0.15, 0.2) is 94.4 Å². The van der Waals surface area contributed by atoms with E-state index in [0.29, 0.717) is 11.3 Å². The van der Waals surface area contributed by atoms with E-state index in [1.165, 1.54) is 36.6 Å². The fraction of sp³-hybridized carbons (Fsp3) is 0.115.